The monoisotopic (exact) mass is 315 g/mol. The predicted octanol–water partition coefficient (Wildman–Crippen LogP) is 3.68. The van der Waals surface area contributed by atoms with E-state index in [1.54, 1.807) is 18.2 Å². The van der Waals surface area contributed by atoms with Crippen LogP contribution in [0.1, 0.15) is 30.1 Å². The summed E-state index contributed by atoms with van der Waals surface area (Å²) in [5, 5.41) is 0.890. The molecule has 1 aromatic rings. The predicted molar refractivity (Wildman–Crippen MR) is 81.9 cm³/mol. The molecule has 0 saturated carbocycles. The molecule has 0 N–H and O–H groups in total. The first-order valence-electron chi connectivity index (χ1n) is 6.92. The fourth-order valence-corrected chi connectivity index (χ4v) is 2.79. The number of benzene rings is 1. The molecule has 0 amide bonds. The molecule has 0 bridgehead atoms. The Morgan fingerprint density at radius 3 is 2.90 bits per heavy atom. The van der Waals surface area contributed by atoms with Gasteiger partial charge in [-0.3, -0.25) is 9.69 Å². The van der Waals surface area contributed by atoms with Crippen LogP contribution in [-0.4, -0.2) is 43.0 Å². The Labute approximate surface area is 129 Å². The quantitative estimate of drug-likeness (QED) is 0.776. The molecular formula is C15H19Cl2NO2. The van der Waals surface area contributed by atoms with Crippen molar-refractivity contribution in [3.63, 3.8) is 0 Å². The number of halogens is 2. The highest BCUT2D eigenvalue weighted by atomic mass is 35.5. The number of piperidine rings is 1. The van der Waals surface area contributed by atoms with Crippen LogP contribution in [0.4, 0.5) is 0 Å². The lowest BCUT2D eigenvalue weighted by Gasteiger charge is -2.31. The summed E-state index contributed by atoms with van der Waals surface area (Å²) in [6.45, 7) is 4.89. The van der Waals surface area contributed by atoms with Crippen LogP contribution in [-0.2, 0) is 4.74 Å². The molecule has 20 heavy (non-hydrogen) atoms. The third kappa shape index (κ3) is 4.19. The van der Waals surface area contributed by atoms with Gasteiger partial charge in [-0.25, -0.2) is 0 Å². The second-order valence-electron chi connectivity index (χ2n) is 5.01. The Morgan fingerprint density at radius 1 is 1.40 bits per heavy atom. The Balaban J connectivity index is 1.95. The molecule has 1 unspecified atom stereocenters. The van der Waals surface area contributed by atoms with E-state index in [0.717, 1.165) is 32.5 Å². The van der Waals surface area contributed by atoms with Gasteiger partial charge >= 0.3 is 0 Å². The average Bonchev–Trinajstić information content (AvgIpc) is 2.42. The highest BCUT2D eigenvalue weighted by molar-refractivity contribution is 6.42. The van der Waals surface area contributed by atoms with Crippen molar-refractivity contribution in [1.82, 2.24) is 4.90 Å². The normalized spacial score (nSPS) is 20.1. The van der Waals surface area contributed by atoms with Crippen LogP contribution in [0.2, 0.25) is 10.0 Å². The molecule has 5 heteroatoms. The number of ketones is 1. The summed E-state index contributed by atoms with van der Waals surface area (Å²) in [5.74, 6) is 0.0701. The van der Waals surface area contributed by atoms with Gasteiger partial charge in [-0.15, -0.1) is 0 Å². The zero-order chi connectivity index (χ0) is 14.5. The molecule has 3 nitrogen and oxygen atoms in total. The second kappa shape index (κ2) is 7.41. The van der Waals surface area contributed by atoms with E-state index < -0.39 is 0 Å². The van der Waals surface area contributed by atoms with E-state index in [2.05, 4.69) is 4.90 Å². The number of hydrogen-bond acceptors (Lipinski definition) is 3. The molecule has 1 heterocycles. The van der Waals surface area contributed by atoms with Crippen molar-refractivity contribution in [2.24, 2.45) is 0 Å². The van der Waals surface area contributed by atoms with Gasteiger partial charge in [0.25, 0.3) is 0 Å². The van der Waals surface area contributed by atoms with Crippen LogP contribution in [0.15, 0.2) is 18.2 Å². The van der Waals surface area contributed by atoms with Crippen molar-refractivity contribution in [3.05, 3.63) is 33.8 Å². The smallest absolute Gasteiger partial charge is 0.176 e. The minimum atomic E-state index is 0.0701. The van der Waals surface area contributed by atoms with Gasteiger partial charge < -0.3 is 4.74 Å². The Hall–Kier alpha value is -0.610. The summed E-state index contributed by atoms with van der Waals surface area (Å²) in [6, 6.07) is 5.02. The number of Topliss-reactive ketones (excluding diaryl/α,β-unsaturated/α-hetero) is 1. The van der Waals surface area contributed by atoms with Gasteiger partial charge in [-0.1, -0.05) is 23.2 Å². The fraction of sp³-hybridized carbons (Fsp3) is 0.533. The van der Waals surface area contributed by atoms with Crippen molar-refractivity contribution < 1.29 is 9.53 Å². The van der Waals surface area contributed by atoms with E-state index >= 15 is 0 Å². The maximum Gasteiger partial charge on any atom is 0.176 e. The van der Waals surface area contributed by atoms with Crippen molar-refractivity contribution in [2.45, 2.75) is 25.9 Å². The van der Waals surface area contributed by atoms with Gasteiger partial charge in [0.2, 0.25) is 0 Å². The first-order chi connectivity index (χ1) is 9.60. The molecule has 0 aromatic heterocycles. The van der Waals surface area contributed by atoms with E-state index in [4.69, 9.17) is 27.9 Å². The number of hydrogen-bond donors (Lipinski definition) is 0. The number of ether oxygens (including phenoxy) is 1. The third-order valence-electron chi connectivity index (χ3n) is 3.47. The van der Waals surface area contributed by atoms with Gasteiger partial charge in [0.05, 0.1) is 22.7 Å². The highest BCUT2D eigenvalue weighted by Crippen LogP contribution is 2.23. The molecule has 2 rings (SSSR count). The standard InChI is InChI=1S/C15H19Cl2NO2/c1-2-20-12-4-3-7-18(9-12)10-15(19)11-5-6-13(16)14(17)8-11/h5-6,8,12H,2-4,7,9-10H2,1H3. The van der Waals surface area contributed by atoms with Crippen LogP contribution in [0.25, 0.3) is 0 Å². The maximum atomic E-state index is 12.3. The minimum Gasteiger partial charge on any atom is -0.377 e. The molecule has 1 fully saturated rings. The molecule has 1 aliphatic rings. The molecule has 1 aliphatic heterocycles. The van der Waals surface area contributed by atoms with Crippen LogP contribution >= 0.6 is 23.2 Å². The third-order valence-corrected chi connectivity index (χ3v) is 4.21. The zero-order valence-corrected chi connectivity index (χ0v) is 13.1. The lowest BCUT2D eigenvalue weighted by molar-refractivity contribution is 0.00718. The summed E-state index contributed by atoms with van der Waals surface area (Å²) in [6.07, 6.45) is 2.39. The first kappa shape index (κ1) is 15.8. The first-order valence-corrected chi connectivity index (χ1v) is 7.68. The van der Waals surface area contributed by atoms with Gasteiger partial charge in [-0.2, -0.15) is 0 Å². The topological polar surface area (TPSA) is 29.5 Å². The van der Waals surface area contributed by atoms with E-state index in [1.165, 1.54) is 0 Å². The van der Waals surface area contributed by atoms with Gasteiger partial charge in [0.1, 0.15) is 0 Å². The summed E-state index contributed by atoms with van der Waals surface area (Å²) in [4.78, 5) is 14.4. The van der Waals surface area contributed by atoms with Crippen LogP contribution < -0.4 is 0 Å². The Bertz CT molecular complexity index is 477. The van der Waals surface area contributed by atoms with Crippen molar-refractivity contribution in [1.29, 1.82) is 0 Å². The number of nitrogens with zero attached hydrogens (tertiary/aromatic N) is 1. The summed E-state index contributed by atoms with van der Waals surface area (Å²) < 4.78 is 5.64. The molecule has 110 valence electrons. The lowest BCUT2D eigenvalue weighted by atomic mass is 10.1. The van der Waals surface area contributed by atoms with Crippen molar-refractivity contribution >= 4 is 29.0 Å². The van der Waals surface area contributed by atoms with Crippen molar-refractivity contribution in [2.75, 3.05) is 26.2 Å². The molecule has 0 radical (unpaired) electrons. The Kier molecular flexibility index (Phi) is 5.85. The molecule has 1 saturated heterocycles. The number of likely N-dealkylation sites (tertiary alicyclic amines) is 1. The molecule has 1 aromatic carbocycles. The largest absolute Gasteiger partial charge is 0.377 e. The molecular weight excluding hydrogens is 297 g/mol. The lowest BCUT2D eigenvalue weighted by Crippen LogP contribution is -2.42. The molecule has 1 atom stereocenters. The van der Waals surface area contributed by atoms with Gasteiger partial charge in [-0.05, 0) is 44.5 Å². The van der Waals surface area contributed by atoms with Crippen LogP contribution in [0, 0.1) is 0 Å². The molecule has 0 spiro atoms. The second-order valence-corrected chi connectivity index (χ2v) is 5.82. The zero-order valence-electron chi connectivity index (χ0n) is 11.6. The SMILES string of the molecule is CCOC1CCCN(CC(=O)c2ccc(Cl)c(Cl)c2)C1. The average molecular weight is 316 g/mol. The number of carbonyl (C=O) groups is 1. The summed E-state index contributed by atoms with van der Waals surface area (Å²) in [7, 11) is 0. The van der Waals surface area contributed by atoms with E-state index in [0.29, 0.717) is 22.2 Å². The van der Waals surface area contributed by atoms with Crippen LogP contribution in [0.3, 0.4) is 0 Å². The Morgan fingerprint density at radius 2 is 2.20 bits per heavy atom. The van der Waals surface area contributed by atoms with E-state index in [1.807, 2.05) is 6.92 Å². The summed E-state index contributed by atoms with van der Waals surface area (Å²) in [5.41, 5.74) is 0.609. The van der Waals surface area contributed by atoms with Gasteiger partial charge in [0, 0.05) is 18.7 Å². The fourth-order valence-electron chi connectivity index (χ4n) is 2.49. The van der Waals surface area contributed by atoms with E-state index in [9.17, 15) is 4.79 Å². The number of rotatable bonds is 5. The van der Waals surface area contributed by atoms with Crippen molar-refractivity contribution in [3.8, 4) is 0 Å². The minimum absolute atomic E-state index is 0.0701. The van der Waals surface area contributed by atoms with Gasteiger partial charge in [0.15, 0.2) is 5.78 Å². The molecule has 0 aliphatic carbocycles. The van der Waals surface area contributed by atoms with Crippen LogP contribution in [0.5, 0.6) is 0 Å². The maximum absolute atomic E-state index is 12.3. The number of carbonyl (C=O) groups excluding carboxylic acids is 1. The van der Waals surface area contributed by atoms with E-state index in [-0.39, 0.29) is 11.9 Å². The highest BCUT2D eigenvalue weighted by Gasteiger charge is 2.22. The summed E-state index contributed by atoms with van der Waals surface area (Å²) >= 11 is 11.8.